The van der Waals surface area contributed by atoms with E-state index in [-0.39, 0.29) is 51.0 Å². The lowest BCUT2D eigenvalue weighted by Gasteiger charge is -2.13. The van der Waals surface area contributed by atoms with Crippen LogP contribution in [0.1, 0.15) is 42.1 Å². The van der Waals surface area contributed by atoms with E-state index in [0.717, 1.165) is 23.3 Å². The van der Waals surface area contributed by atoms with Crippen molar-refractivity contribution >= 4 is 40.0 Å². The lowest BCUT2D eigenvalue weighted by Crippen LogP contribution is -2.31. The molecule has 4 heterocycles. The maximum atomic E-state index is 15.3. The number of alkyl halides is 3. The van der Waals surface area contributed by atoms with Crippen molar-refractivity contribution in [3.05, 3.63) is 87.6 Å². The standard InChI is InChI=1S/C27H21ClF4N8O2/c1-12(2)19-8-15(27(42)40(38-19)20-6-4-14(28)9-34-20)26(41)37-18-5-3-13(7-17(18)29)16-10-39(23(32)22(30)31)25-21(16)24(33)35-11-36-25/h3-12,22-23H,1-2H3,(H,37,41)(H2,33,35,36). The Morgan fingerprint density at radius 2 is 1.83 bits per heavy atom. The molecule has 0 aliphatic heterocycles. The Morgan fingerprint density at radius 3 is 2.48 bits per heavy atom. The van der Waals surface area contributed by atoms with E-state index in [1.165, 1.54) is 36.5 Å². The molecule has 0 aliphatic rings. The quantitative estimate of drug-likeness (QED) is 0.235. The number of hydrogen-bond acceptors (Lipinski definition) is 7. The average Bonchev–Trinajstić information content (AvgIpc) is 3.35. The van der Waals surface area contributed by atoms with E-state index in [1.54, 1.807) is 0 Å². The summed E-state index contributed by atoms with van der Waals surface area (Å²) < 4.78 is 57.5. The minimum Gasteiger partial charge on any atom is -0.383 e. The van der Waals surface area contributed by atoms with Crippen molar-refractivity contribution in [3.63, 3.8) is 0 Å². The summed E-state index contributed by atoms with van der Waals surface area (Å²) in [5.41, 5.74) is 4.94. The number of pyridine rings is 1. The van der Waals surface area contributed by atoms with Gasteiger partial charge in [-0.3, -0.25) is 14.2 Å². The van der Waals surface area contributed by atoms with Crippen LogP contribution in [0.25, 0.3) is 28.0 Å². The first-order valence-electron chi connectivity index (χ1n) is 12.4. The molecular formula is C27H21ClF4N8O2. The summed E-state index contributed by atoms with van der Waals surface area (Å²) in [5, 5.41) is 7.05. The van der Waals surface area contributed by atoms with Crippen LogP contribution in [0.5, 0.6) is 0 Å². The van der Waals surface area contributed by atoms with Gasteiger partial charge >= 0.3 is 0 Å². The Labute approximate surface area is 239 Å². The van der Waals surface area contributed by atoms with Gasteiger partial charge in [0.15, 0.2) is 5.82 Å². The van der Waals surface area contributed by atoms with Gasteiger partial charge in [-0.2, -0.15) is 9.78 Å². The molecule has 0 aliphatic carbocycles. The maximum absolute atomic E-state index is 15.3. The summed E-state index contributed by atoms with van der Waals surface area (Å²) in [6, 6.07) is 7.85. The summed E-state index contributed by atoms with van der Waals surface area (Å²) >= 11 is 5.89. The highest BCUT2D eigenvalue weighted by Gasteiger charge is 2.27. The smallest absolute Gasteiger partial charge is 0.288 e. The monoisotopic (exact) mass is 600 g/mol. The van der Waals surface area contributed by atoms with Crippen LogP contribution in [0.15, 0.2) is 59.9 Å². The van der Waals surface area contributed by atoms with E-state index in [4.69, 9.17) is 17.3 Å². The fourth-order valence-corrected chi connectivity index (χ4v) is 4.33. The predicted molar refractivity (Wildman–Crippen MR) is 148 cm³/mol. The van der Waals surface area contributed by atoms with Crippen LogP contribution in [0, 0.1) is 5.82 Å². The summed E-state index contributed by atoms with van der Waals surface area (Å²) in [4.78, 5) is 38.2. The first kappa shape index (κ1) is 28.7. The summed E-state index contributed by atoms with van der Waals surface area (Å²) in [5.74, 6) is -2.02. The molecule has 0 spiro atoms. The molecule has 0 fully saturated rings. The Balaban J connectivity index is 1.52. The molecule has 15 heteroatoms. The van der Waals surface area contributed by atoms with Crippen LogP contribution in [0.2, 0.25) is 5.02 Å². The predicted octanol–water partition coefficient (Wildman–Crippen LogP) is 5.52. The number of nitrogens with one attached hydrogen (secondary N) is 1. The number of aromatic nitrogens is 6. The van der Waals surface area contributed by atoms with Crippen LogP contribution < -0.4 is 16.6 Å². The zero-order valence-electron chi connectivity index (χ0n) is 21.9. The van der Waals surface area contributed by atoms with Crippen LogP contribution in [-0.2, 0) is 0 Å². The molecule has 1 amide bonds. The highest BCUT2D eigenvalue weighted by Crippen LogP contribution is 2.37. The largest absolute Gasteiger partial charge is 0.383 e. The van der Waals surface area contributed by atoms with E-state index in [9.17, 15) is 22.8 Å². The third-order valence-electron chi connectivity index (χ3n) is 6.34. The van der Waals surface area contributed by atoms with Crippen molar-refractivity contribution in [1.82, 2.24) is 29.3 Å². The second kappa shape index (κ2) is 11.2. The van der Waals surface area contributed by atoms with E-state index < -0.39 is 30.0 Å². The highest BCUT2D eigenvalue weighted by atomic mass is 35.5. The molecule has 4 aromatic heterocycles. The van der Waals surface area contributed by atoms with Crippen molar-refractivity contribution in [2.24, 2.45) is 0 Å². The summed E-state index contributed by atoms with van der Waals surface area (Å²) in [6.45, 7) is 3.63. The number of halogens is 5. The van der Waals surface area contributed by atoms with Gasteiger partial charge in [-0.25, -0.2) is 32.5 Å². The number of carbonyl (C=O) groups excluding carboxylic acids is 1. The second-order valence-electron chi connectivity index (χ2n) is 9.45. The normalized spacial score (nSPS) is 12.3. The fourth-order valence-electron chi connectivity index (χ4n) is 4.22. The van der Waals surface area contributed by atoms with Crippen molar-refractivity contribution in [3.8, 4) is 16.9 Å². The van der Waals surface area contributed by atoms with Crippen molar-refractivity contribution in [2.45, 2.75) is 32.5 Å². The molecule has 0 radical (unpaired) electrons. The lowest BCUT2D eigenvalue weighted by atomic mass is 10.0. The fraction of sp³-hybridized carbons (Fsp3) is 0.185. The van der Waals surface area contributed by atoms with Gasteiger partial charge in [0.25, 0.3) is 17.9 Å². The molecule has 42 heavy (non-hydrogen) atoms. The van der Waals surface area contributed by atoms with Crippen LogP contribution in [0.3, 0.4) is 0 Å². The lowest BCUT2D eigenvalue weighted by molar-refractivity contribution is 0.0104. The third-order valence-corrected chi connectivity index (χ3v) is 6.56. The highest BCUT2D eigenvalue weighted by molar-refractivity contribution is 6.30. The van der Waals surface area contributed by atoms with Gasteiger partial charge in [0.2, 0.25) is 6.30 Å². The number of benzene rings is 1. The Morgan fingerprint density at radius 1 is 1.07 bits per heavy atom. The molecule has 216 valence electrons. The minimum absolute atomic E-state index is 0.0475. The van der Waals surface area contributed by atoms with E-state index >= 15 is 4.39 Å². The van der Waals surface area contributed by atoms with Crippen molar-refractivity contribution in [1.29, 1.82) is 0 Å². The number of nitrogens with two attached hydrogens (primary N) is 1. The van der Waals surface area contributed by atoms with Gasteiger partial charge in [-0.05, 0) is 41.8 Å². The molecule has 3 N–H and O–H groups in total. The second-order valence-corrected chi connectivity index (χ2v) is 9.89. The molecule has 5 aromatic rings. The number of anilines is 2. The van der Waals surface area contributed by atoms with Crippen LogP contribution in [0.4, 0.5) is 29.1 Å². The molecule has 5 rings (SSSR count). The van der Waals surface area contributed by atoms with Crippen molar-refractivity contribution < 1.29 is 22.4 Å². The number of nitrogen functional groups attached to an aromatic ring is 1. The maximum Gasteiger partial charge on any atom is 0.288 e. The first-order chi connectivity index (χ1) is 20.0. The van der Waals surface area contributed by atoms with Gasteiger partial charge in [-0.1, -0.05) is 31.5 Å². The Kier molecular flexibility index (Phi) is 7.65. The molecule has 0 bridgehead atoms. The molecule has 1 atom stereocenters. The average molecular weight is 601 g/mol. The summed E-state index contributed by atoms with van der Waals surface area (Å²) in [6.07, 6.45) is -2.74. The Hall–Kier alpha value is -4.85. The number of hydrogen-bond donors (Lipinski definition) is 2. The van der Waals surface area contributed by atoms with Crippen LogP contribution in [-0.4, -0.2) is 41.6 Å². The van der Waals surface area contributed by atoms with E-state index in [1.807, 2.05) is 13.8 Å². The molecule has 1 aromatic carbocycles. The topological polar surface area (TPSA) is 134 Å². The number of fused-ring (bicyclic) bond motifs is 1. The zero-order valence-corrected chi connectivity index (χ0v) is 22.7. The first-order valence-corrected chi connectivity index (χ1v) is 12.7. The van der Waals surface area contributed by atoms with Gasteiger partial charge in [0.05, 0.1) is 21.8 Å². The third kappa shape index (κ3) is 5.28. The molecule has 0 saturated carbocycles. The minimum atomic E-state index is -3.36. The number of rotatable bonds is 7. The Bertz CT molecular complexity index is 1880. The molecule has 0 saturated heterocycles. The zero-order chi connectivity index (χ0) is 30.3. The number of carbonyl (C=O) groups is 1. The SMILES string of the molecule is CC(C)c1cc(C(=O)Nc2ccc(-c3cn(C(F)C(F)F)c4ncnc(N)c34)cc2F)c(=O)n(-c2ccc(Cl)cn2)n1. The molecular weight excluding hydrogens is 580 g/mol. The van der Waals surface area contributed by atoms with Crippen LogP contribution >= 0.6 is 11.6 Å². The van der Waals surface area contributed by atoms with Crippen molar-refractivity contribution in [2.75, 3.05) is 11.1 Å². The number of nitrogens with zero attached hydrogens (tertiary/aromatic N) is 6. The summed E-state index contributed by atoms with van der Waals surface area (Å²) in [7, 11) is 0. The van der Waals surface area contributed by atoms with Gasteiger partial charge in [0, 0.05) is 18.0 Å². The van der Waals surface area contributed by atoms with Gasteiger partial charge in [0.1, 0.15) is 29.2 Å². The van der Waals surface area contributed by atoms with E-state index in [0.29, 0.717) is 15.3 Å². The molecule has 1 unspecified atom stereocenters. The van der Waals surface area contributed by atoms with E-state index in [2.05, 4.69) is 25.4 Å². The van der Waals surface area contributed by atoms with Gasteiger partial charge in [-0.15, -0.1) is 0 Å². The molecule has 10 nitrogen and oxygen atoms in total. The van der Waals surface area contributed by atoms with Gasteiger partial charge < -0.3 is 11.1 Å². The number of amides is 1.